The first kappa shape index (κ1) is 10.7. The molecule has 1 rings (SSSR count). The first-order valence-electron chi connectivity index (χ1n) is 4.03. The molecule has 0 saturated heterocycles. The number of methoxy groups -OCH3 is 1. The van der Waals surface area contributed by atoms with Gasteiger partial charge in [0.05, 0.1) is 28.5 Å². The van der Waals surface area contributed by atoms with Gasteiger partial charge in [0.1, 0.15) is 0 Å². The van der Waals surface area contributed by atoms with Gasteiger partial charge in [0.25, 0.3) is 0 Å². The molecule has 5 heteroatoms. The lowest BCUT2D eigenvalue weighted by atomic mass is 10.1. The van der Waals surface area contributed by atoms with Crippen molar-refractivity contribution in [3.8, 4) is 0 Å². The third-order valence-electron chi connectivity index (χ3n) is 2.13. The van der Waals surface area contributed by atoms with Crippen molar-refractivity contribution in [1.82, 2.24) is 9.78 Å². The number of nitrogens with two attached hydrogens (primary N) is 1. The number of aryl methyl sites for hydroxylation is 1. The van der Waals surface area contributed by atoms with E-state index < -0.39 is 0 Å². The Balaban J connectivity index is 2.93. The number of nitrogens with zero attached hydrogens (tertiary/aromatic N) is 2. The minimum absolute atomic E-state index is 0.0216. The Morgan fingerprint density at radius 2 is 2.31 bits per heavy atom. The molecule has 13 heavy (non-hydrogen) atoms. The summed E-state index contributed by atoms with van der Waals surface area (Å²) >= 11 is 3.40. The predicted molar refractivity (Wildman–Crippen MR) is 54.3 cm³/mol. The van der Waals surface area contributed by atoms with E-state index in [9.17, 15) is 0 Å². The SMILES string of the molecule is COC(C)C(N)c1c(Br)cnn1C. The molecule has 0 bridgehead atoms. The van der Waals surface area contributed by atoms with Gasteiger partial charge in [0.15, 0.2) is 0 Å². The molecule has 0 aromatic carbocycles. The van der Waals surface area contributed by atoms with Gasteiger partial charge in [-0.15, -0.1) is 0 Å². The molecule has 4 nitrogen and oxygen atoms in total. The highest BCUT2D eigenvalue weighted by Gasteiger charge is 2.20. The molecule has 0 amide bonds. The lowest BCUT2D eigenvalue weighted by Crippen LogP contribution is -2.27. The maximum absolute atomic E-state index is 5.98. The highest BCUT2D eigenvalue weighted by Crippen LogP contribution is 2.23. The second kappa shape index (κ2) is 4.21. The van der Waals surface area contributed by atoms with E-state index in [2.05, 4.69) is 21.0 Å². The summed E-state index contributed by atoms with van der Waals surface area (Å²) in [5.74, 6) is 0. The predicted octanol–water partition coefficient (Wildman–Crippen LogP) is 1.22. The lowest BCUT2D eigenvalue weighted by molar-refractivity contribution is 0.0931. The minimum Gasteiger partial charge on any atom is -0.380 e. The van der Waals surface area contributed by atoms with Gasteiger partial charge in [-0.25, -0.2) is 0 Å². The Morgan fingerprint density at radius 1 is 1.69 bits per heavy atom. The maximum Gasteiger partial charge on any atom is 0.0751 e. The van der Waals surface area contributed by atoms with Gasteiger partial charge in [-0.05, 0) is 22.9 Å². The monoisotopic (exact) mass is 247 g/mol. The first-order valence-corrected chi connectivity index (χ1v) is 4.83. The van der Waals surface area contributed by atoms with Crippen molar-refractivity contribution >= 4 is 15.9 Å². The fourth-order valence-corrected chi connectivity index (χ4v) is 1.78. The van der Waals surface area contributed by atoms with Crippen LogP contribution < -0.4 is 5.73 Å². The zero-order valence-corrected chi connectivity index (χ0v) is 9.58. The molecule has 0 aliphatic heterocycles. The highest BCUT2D eigenvalue weighted by molar-refractivity contribution is 9.10. The van der Waals surface area contributed by atoms with Crippen LogP contribution in [0.1, 0.15) is 18.7 Å². The van der Waals surface area contributed by atoms with E-state index in [1.165, 1.54) is 0 Å². The van der Waals surface area contributed by atoms with Crippen molar-refractivity contribution in [1.29, 1.82) is 0 Å². The fraction of sp³-hybridized carbons (Fsp3) is 0.625. The molecule has 2 unspecified atom stereocenters. The van der Waals surface area contributed by atoms with E-state index in [4.69, 9.17) is 10.5 Å². The van der Waals surface area contributed by atoms with E-state index in [1.54, 1.807) is 18.0 Å². The van der Waals surface area contributed by atoms with Crippen LogP contribution in [0.5, 0.6) is 0 Å². The highest BCUT2D eigenvalue weighted by atomic mass is 79.9. The van der Waals surface area contributed by atoms with Crippen LogP contribution in [0.3, 0.4) is 0 Å². The van der Waals surface area contributed by atoms with E-state index >= 15 is 0 Å². The third kappa shape index (κ3) is 2.10. The zero-order valence-electron chi connectivity index (χ0n) is 7.99. The number of rotatable bonds is 3. The van der Waals surface area contributed by atoms with E-state index in [0.717, 1.165) is 10.2 Å². The van der Waals surface area contributed by atoms with Gasteiger partial charge in [-0.1, -0.05) is 0 Å². The summed E-state index contributed by atoms with van der Waals surface area (Å²) in [5.41, 5.74) is 6.93. The van der Waals surface area contributed by atoms with Crippen molar-refractivity contribution < 1.29 is 4.74 Å². The summed E-state index contributed by atoms with van der Waals surface area (Å²) < 4.78 is 7.84. The summed E-state index contributed by atoms with van der Waals surface area (Å²) in [6.07, 6.45) is 1.71. The Kier molecular flexibility index (Phi) is 3.47. The van der Waals surface area contributed by atoms with Crippen LogP contribution in [-0.4, -0.2) is 23.0 Å². The van der Waals surface area contributed by atoms with Crippen LogP contribution in [0.4, 0.5) is 0 Å². The van der Waals surface area contributed by atoms with Crippen LogP contribution in [0.2, 0.25) is 0 Å². The Labute approximate surface area is 86.2 Å². The van der Waals surface area contributed by atoms with Crippen molar-refractivity contribution in [2.24, 2.45) is 12.8 Å². The normalized spacial score (nSPS) is 15.8. The standard InChI is InChI=1S/C8H14BrN3O/c1-5(13-3)7(10)8-6(9)4-11-12(8)2/h4-5,7H,10H2,1-3H3. The molecule has 1 aromatic rings. The molecule has 74 valence electrons. The Hall–Kier alpha value is -0.390. The molecule has 0 spiro atoms. The average Bonchev–Trinajstić information content (AvgIpc) is 2.44. The summed E-state index contributed by atoms with van der Waals surface area (Å²) in [5, 5.41) is 4.09. The largest absolute Gasteiger partial charge is 0.380 e. The van der Waals surface area contributed by atoms with Crippen LogP contribution >= 0.6 is 15.9 Å². The van der Waals surface area contributed by atoms with Gasteiger partial charge in [-0.2, -0.15) is 5.10 Å². The first-order chi connectivity index (χ1) is 6.07. The van der Waals surface area contributed by atoms with Crippen molar-refractivity contribution in [2.45, 2.75) is 19.1 Å². The van der Waals surface area contributed by atoms with Crippen molar-refractivity contribution in [3.05, 3.63) is 16.4 Å². The number of ether oxygens (including phenoxy) is 1. The Morgan fingerprint density at radius 3 is 2.69 bits per heavy atom. The molecule has 0 fully saturated rings. The molecule has 0 aliphatic carbocycles. The van der Waals surface area contributed by atoms with Gasteiger partial charge >= 0.3 is 0 Å². The molecular weight excluding hydrogens is 234 g/mol. The number of halogens is 1. The number of hydrogen-bond acceptors (Lipinski definition) is 3. The molecular formula is C8H14BrN3O. The molecule has 1 heterocycles. The van der Waals surface area contributed by atoms with Crippen LogP contribution in [0, 0.1) is 0 Å². The zero-order chi connectivity index (χ0) is 10.0. The Bertz CT molecular complexity index is 267. The number of hydrogen-bond donors (Lipinski definition) is 1. The van der Waals surface area contributed by atoms with Crippen molar-refractivity contribution in [2.75, 3.05) is 7.11 Å². The molecule has 2 N–H and O–H groups in total. The molecule has 2 atom stereocenters. The second-order valence-electron chi connectivity index (χ2n) is 2.97. The molecule has 1 aromatic heterocycles. The topological polar surface area (TPSA) is 53.1 Å². The van der Waals surface area contributed by atoms with Crippen LogP contribution in [0.15, 0.2) is 10.7 Å². The quantitative estimate of drug-likeness (QED) is 0.874. The van der Waals surface area contributed by atoms with Crippen LogP contribution in [0.25, 0.3) is 0 Å². The van der Waals surface area contributed by atoms with Crippen molar-refractivity contribution in [3.63, 3.8) is 0 Å². The maximum atomic E-state index is 5.98. The minimum atomic E-state index is -0.160. The lowest BCUT2D eigenvalue weighted by Gasteiger charge is -2.18. The van der Waals surface area contributed by atoms with E-state index in [-0.39, 0.29) is 12.1 Å². The summed E-state index contributed by atoms with van der Waals surface area (Å²) in [4.78, 5) is 0. The fourth-order valence-electron chi connectivity index (χ4n) is 1.16. The van der Waals surface area contributed by atoms with Crippen LogP contribution in [-0.2, 0) is 11.8 Å². The van der Waals surface area contributed by atoms with E-state index in [1.807, 2.05) is 14.0 Å². The summed E-state index contributed by atoms with van der Waals surface area (Å²) in [6, 6.07) is -0.160. The van der Waals surface area contributed by atoms with Gasteiger partial charge in [0.2, 0.25) is 0 Å². The summed E-state index contributed by atoms with van der Waals surface area (Å²) in [7, 11) is 3.51. The molecule has 0 aliphatic rings. The average molecular weight is 248 g/mol. The second-order valence-corrected chi connectivity index (χ2v) is 3.82. The molecule has 0 saturated carbocycles. The van der Waals surface area contributed by atoms with Gasteiger partial charge in [0, 0.05) is 14.2 Å². The van der Waals surface area contributed by atoms with Gasteiger partial charge < -0.3 is 10.5 Å². The van der Waals surface area contributed by atoms with Gasteiger partial charge in [-0.3, -0.25) is 4.68 Å². The summed E-state index contributed by atoms with van der Waals surface area (Å²) in [6.45, 7) is 1.93. The third-order valence-corrected chi connectivity index (χ3v) is 2.74. The smallest absolute Gasteiger partial charge is 0.0751 e. The molecule has 0 radical (unpaired) electrons. The van der Waals surface area contributed by atoms with E-state index in [0.29, 0.717) is 0 Å². The number of aromatic nitrogens is 2.